The van der Waals surface area contributed by atoms with E-state index in [1.807, 2.05) is 6.92 Å². The maximum atomic E-state index is 11.7. The Morgan fingerprint density at radius 1 is 1.24 bits per heavy atom. The molecule has 0 saturated heterocycles. The summed E-state index contributed by atoms with van der Waals surface area (Å²) < 4.78 is 5.82. The molecule has 3 aliphatic carbocycles. The van der Waals surface area contributed by atoms with Crippen LogP contribution in [0.2, 0.25) is 0 Å². The first-order valence-electron chi connectivity index (χ1n) is 9.93. The Bertz CT molecular complexity index is 596. The van der Waals surface area contributed by atoms with Gasteiger partial charge in [-0.25, -0.2) is 0 Å². The van der Waals surface area contributed by atoms with Crippen LogP contribution < -0.4 is 0 Å². The predicted molar refractivity (Wildman–Crippen MR) is 101 cm³/mol. The van der Waals surface area contributed by atoms with Crippen molar-refractivity contribution >= 4 is 0 Å². The fourth-order valence-electron chi connectivity index (χ4n) is 6.48. The van der Waals surface area contributed by atoms with Gasteiger partial charge in [0.2, 0.25) is 0 Å². The lowest BCUT2D eigenvalue weighted by Gasteiger charge is -2.60. The SMILES string of the molecule is COC1C(C(C)C)=CC2=C(C1(C)O)C1(CO)CCCC(C)(C)[C@@H]1CC2. The van der Waals surface area contributed by atoms with Gasteiger partial charge in [-0.05, 0) is 66.6 Å². The zero-order valence-electron chi connectivity index (χ0n) is 16.9. The van der Waals surface area contributed by atoms with Crippen LogP contribution >= 0.6 is 0 Å². The zero-order valence-corrected chi connectivity index (χ0v) is 16.9. The van der Waals surface area contributed by atoms with E-state index in [-0.39, 0.29) is 23.5 Å². The molecule has 3 aliphatic rings. The third-order valence-electron chi connectivity index (χ3n) is 7.42. The molecule has 3 rings (SSSR count). The van der Waals surface area contributed by atoms with Gasteiger partial charge in [0.05, 0.1) is 6.61 Å². The molecule has 2 N–H and O–H groups in total. The number of hydrogen-bond acceptors (Lipinski definition) is 3. The molecule has 3 nitrogen and oxygen atoms in total. The summed E-state index contributed by atoms with van der Waals surface area (Å²) in [7, 11) is 1.69. The first-order chi connectivity index (χ1) is 11.6. The van der Waals surface area contributed by atoms with Crippen molar-refractivity contribution in [3.63, 3.8) is 0 Å². The van der Waals surface area contributed by atoms with Crippen LogP contribution in [0.25, 0.3) is 0 Å². The summed E-state index contributed by atoms with van der Waals surface area (Å²) in [6.07, 6.45) is 7.31. The average Bonchev–Trinajstić information content (AvgIpc) is 2.52. The number of methoxy groups -OCH3 is 1. The standard InChI is InChI=1S/C22H36O3/c1-14(2)16-12-15-8-9-17-20(3,4)10-7-11-22(17,13-23)18(15)21(5,24)19(16)25-6/h12,14,17,19,23-24H,7-11,13H2,1-6H3/t17-,19?,21?,22?/m0/s1. The fourth-order valence-corrected chi connectivity index (χ4v) is 6.48. The minimum atomic E-state index is -1.06. The number of fused-ring (bicyclic) bond motifs is 2. The van der Waals surface area contributed by atoms with Gasteiger partial charge >= 0.3 is 0 Å². The quantitative estimate of drug-likeness (QED) is 0.802. The summed E-state index contributed by atoms with van der Waals surface area (Å²) in [6.45, 7) is 11.0. The molecule has 0 aliphatic heterocycles. The molecule has 0 aromatic carbocycles. The van der Waals surface area contributed by atoms with Gasteiger partial charge in [-0.2, -0.15) is 0 Å². The van der Waals surface area contributed by atoms with Crippen LogP contribution in [0.3, 0.4) is 0 Å². The molecule has 0 aromatic heterocycles. The van der Waals surface area contributed by atoms with Gasteiger partial charge in [-0.1, -0.05) is 40.2 Å². The number of ether oxygens (including phenoxy) is 1. The summed E-state index contributed by atoms with van der Waals surface area (Å²) >= 11 is 0. The van der Waals surface area contributed by atoms with E-state index in [4.69, 9.17) is 4.74 Å². The van der Waals surface area contributed by atoms with E-state index in [0.29, 0.717) is 11.8 Å². The highest BCUT2D eigenvalue weighted by Gasteiger charge is 2.59. The molecule has 0 amide bonds. The van der Waals surface area contributed by atoms with Crippen LogP contribution in [-0.2, 0) is 4.74 Å². The summed E-state index contributed by atoms with van der Waals surface area (Å²) in [6, 6.07) is 0. The van der Waals surface area contributed by atoms with E-state index in [1.165, 1.54) is 17.6 Å². The van der Waals surface area contributed by atoms with E-state index in [1.54, 1.807) is 7.11 Å². The molecule has 0 radical (unpaired) electrons. The minimum absolute atomic E-state index is 0.122. The van der Waals surface area contributed by atoms with Crippen LogP contribution in [0.4, 0.5) is 0 Å². The first-order valence-corrected chi connectivity index (χ1v) is 9.93. The lowest BCUT2D eigenvalue weighted by molar-refractivity contribution is -0.0993. The molecular formula is C22H36O3. The highest BCUT2D eigenvalue weighted by Crippen LogP contribution is 2.63. The monoisotopic (exact) mass is 348 g/mol. The Hall–Kier alpha value is -0.640. The smallest absolute Gasteiger partial charge is 0.114 e. The van der Waals surface area contributed by atoms with Gasteiger partial charge in [-0.3, -0.25) is 0 Å². The van der Waals surface area contributed by atoms with E-state index in [9.17, 15) is 10.2 Å². The lowest BCUT2D eigenvalue weighted by Crippen LogP contribution is -2.59. The van der Waals surface area contributed by atoms with Gasteiger partial charge in [-0.15, -0.1) is 0 Å². The Morgan fingerprint density at radius 2 is 1.92 bits per heavy atom. The summed E-state index contributed by atoms with van der Waals surface area (Å²) in [4.78, 5) is 0. The number of allylic oxidation sites excluding steroid dienone is 2. The highest BCUT2D eigenvalue weighted by atomic mass is 16.5. The van der Waals surface area contributed by atoms with E-state index >= 15 is 0 Å². The predicted octanol–water partition coefficient (Wildman–Crippen LogP) is 4.24. The molecule has 0 bridgehead atoms. The van der Waals surface area contributed by atoms with Crippen LogP contribution in [0, 0.1) is 22.7 Å². The Balaban J connectivity index is 2.22. The largest absolute Gasteiger partial charge is 0.395 e. The molecule has 3 unspecified atom stereocenters. The number of rotatable bonds is 3. The lowest BCUT2D eigenvalue weighted by atomic mass is 9.46. The van der Waals surface area contributed by atoms with Crippen molar-refractivity contribution in [2.75, 3.05) is 13.7 Å². The van der Waals surface area contributed by atoms with Crippen molar-refractivity contribution in [2.45, 2.75) is 78.4 Å². The highest BCUT2D eigenvalue weighted by molar-refractivity contribution is 5.49. The third-order valence-corrected chi connectivity index (χ3v) is 7.42. The van der Waals surface area contributed by atoms with E-state index < -0.39 is 5.60 Å². The van der Waals surface area contributed by atoms with E-state index in [2.05, 4.69) is 33.8 Å². The van der Waals surface area contributed by atoms with Gasteiger partial charge < -0.3 is 14.9 Å². The topological polar surface area (TPSA) is 49.7 Å². The first kappa shape index (κ1) is 19.1. The maximum absolute atomic E-state index is 11.7. The Morgan fingerprint density at radius 3 is 2.48 bits per heavy atom. The van der Waals surface area contributed by atoms with Crippen molar-refractivity contribution in [1.82, 2.24) is 0 Å². The summed E-state index contributed by atoms with van der Waals surface area (Å²) in [5, 5.41) is 22.3. The van der Waals surface area contributed by atoms with Gasteiger partial charge in [0, 0.05) is 12.5 Å². The van der Waals surface area contributed by atoms with Crippen LogP contribution in [0.1, 0.15) is 66.7 Å². The van der Waals surface area contributed by atoms with Crippen molar-refractivity contribution in [3.05, 3.63) is 22.8 Å². The second-order valence-electron chi connectivity index (χ2n) is 9.71. The van der Waals surface area contributed by atoms with Crippen LogP contribution in [0.5, 0.6) is 0 Å². The van der Waals surface area contributed by atoms with Gasteiger partial charge in [0.1, 0.15) is 11.7 Å². The second kappa shape index (κ2) is 6.21. The minimum Gasteiger partial charge on any atom is -0.395 e. The van der Waals surface area contributed by atoms with Gasteiger partial charge in [0.25, 0.3) is 0 Å². The molecule has 1 saturated carbocycles. The van der Waals surface area contributed by atoms with Crippen molar-refractivity contribution in [3.8, 4) is 0 Å². The molecule has 142 valence electrons. The molecular weight excluding hydrogens is 312 g/mol. The average molecular weight is 349 g/mol. The Labute approximate surface area is 153 Å². The normalized spacial score (nSPS) is 40.6. The molecule has 0 spiro atoms. The fraction of sp³-hybridized carbons (Fsp3) is 0.818. The number of hydrogen-bond donors (Lipinski definition) is 2. The third kappa shape index (κ3) is 2.65. The maximum Gasteiger partial charge on any atom is 0.114 e. The molecule has 25 heavy (non-hydrogen) atoms. The molecule has 4 atom stereocenters. The second-order valence-corrected chi connectivity index (χ2v) is 9.71. The molecule has 1 fully saturated rings. The summed E-state index contributed by atoms with van der Waals surface area (Å²) in [5.74, 6) is 0.742. The van der Waals surface area contributed by atoms with Crippen molar-refractivity contribution in [1.29, 1.82) is 0 Å². The van der Waals surface area contributed by atoms with Crippen molar-refractivity contribution < 1.29 is 14.9 Å². The number of aliphatic hydroxyl groups is 2. The van der Waals surface area contributed by atoms with Crippen molar-refractivity contribution in [2.24, 2.45) is 22.7 Å². The van der Waals surface area contributed by atoms with Crippen LogP contribution in [0.15, 0.2) is 22.8 Å². The van der Waals surface area contributed by atoms with E-state index in [0.717, 1.165) is 31.3 Å². The van der Waals surface area contributed by atoms with Gasteiger partial charge in [0.15, 0.2) is 0 Å². The zero-order chi connectivity index (χ0) is 18.6. The Kier molecular flexibility index (Phi) is 4.75. The number of aliphatic hydroxyl groups excluding tert-OH is 1. The molecule has 0 aromatic rings. The molecule has 3 heteroatoms. The molecule has 0 heterocycles. The van der Waals surface area contributed by atoms with Crippen LogP contribution in [-0.4, -0.2) is 35.6 Å². The summed E-state index contributed by atoms with van der Waals surface area (Å²) in [5.41, 5.74) is 2.32.